The number of hydrogen-bond acceptors (Lipinski definition) is 7. The maximum absolute atomic E-state index is 11.5. The molecule has 0 fully saturated rings. The van der Waals surface area contributed by atoms with E-state index in [4.69, 9.17) is 18.0 Å². The maximum atomic E-state index is 11.5. The molecule has 0 saturated heterocycles. The zero-order valence-corrected chi connectivity index (χ0v) is 16.4. The summed E-state index contributed by atoms with van der Waals surface area (Å²) in [4.78, 5) is 34.6. The van der Waals surface area contributed by atoms with E-state index < -0.39 is 32.3 Å². The van der Waals surface area contributed by atoms with Crippen molar-refractivity contribution >= 4 is 26.7 Å². The molecule has 0 aliphatic heterocycles. The second-order valence-electron chi connectivity index (χ2n) is 6.46. The van der Waals surface area contributed by atoms with Gasteiger partial charge in [-0.25, -0.2) is 0 Å². The summed E-state index contributed by atoms with van der Waals surface area (Å²) in [7, 11) is -3.96. The predicted octanol–water partition coefficient (Wildman–Crippen LogP) is 2.57. The zero-order valence-electron chi connectivity index (χ0n) is 15.4. The van der Waals surface area contributed by atoms with E-state index in [2.05, 4.69) is 0 Å². The molecule has 1 aromatic carbocycles. The molecule has 0 spiro atoms. The van der Waals surface area contributed by atoms with Crippen LogP contribution in [0.15, 0.2) is 24.3 Å². The fraction of sp³-hybridized carbons (Fsp3) is 0.471. The number of para-hydroxylation sites is 1. The van der Waals surface area contributed by atoms with Crippen molar-refractivity contribution in [3.8, 4) is 5.75 Å². The van der Waals surface area contributed by atoms with Gasteiger partial charge < -0.3 is 18.0 Å². The van der Waals surface area contributed by atoms with Crippen LogP contribution < -0.4 is 4.74 Å². The smallest absolute Gasteiger partial charge is 0.488 e. The zero-order chi connectivity index (χ0) is 19.3. The number of hydrogen-bond donors (Lipinski definition) is 0. The van der Waals surface area contributed by atoms with Crippen LogP contribution in [-0.2, 0) is 33.7 Å². The van der Waals surface area contributed by atoms with E-state index in [0.717, 1.165) is 20.8 Å². The molecule has 0 amide bonds. The third kappa shape index (κ3) is 7.38. The molecule has 0 aliphatic rings. The van der Waals surface area contributed by atoms with Crippen LogP contribution in [0.1, 0.15) is 47.1 Å². The average Bonchev–Trinajstić information content (AvgIpc) is 2.36. The van der Waals surface area contributed by atoms with Crippen molar-refractivity contribution in [2.75, 3.05) is 0 Å². The summed E-state index contributed by atoms with van der Waals surface area (Å²) >= 11 is 0. The van der Waals surface area contributed by atoms with Gasteiger partial charge in [-0.3, -0.25) is 14.4 Å². The Bertz CT molecular complexity index is 608. The van der Waals surface area contributed by atoms with Gasteiger partial charge in [-0.2, -0.15) is 0 Å². The minimum Gasteiger partial charge on any atom is -0.488 e. The molecule has 0 aromatic heterocycles. The van der Waals surface area contributed by atoms with Gasteiger partial charge in [-0.15, -0.1) is 0 Å². The van der Waals surface area contributed by atoms with Gasteiger partial charge in [0.25, 0.3) is 17.9 Å². The standard InChI is InChI=1S/C17H24O7Si/c1-12(18)22-25(23-13(2)19,24-14(3)20)11-15-9-7-8-10-16(15)21-17(4,5)6/h7-10H,11H2,1-6H3. The fourth-order valence-electron chi connectivity index (χ4n) is 2.14. The van der Waals surface area contributed by atoms with Gasteiger partial charge in [0.05, 0.1) is 6.04 Å². The molecule has 138 valence electrons. The topological polar surface area (TPSA) is 88.1 Å². The van der Waals surface area contributed by atoms with Crippen molar-refractivity contribution in [1.29, 1.82) is 0 Å². The van der Waals surface area contributed by atoms with Crippen LogP contribution in [0.3, 0.4) is 0 Å². The normalized spacial score (nSPS) is 11.4. The Morgan fingerprint density at radius 3 is 1.72 bits per heavy atom. The summed E-state index contributed by atoms with van der Waals surface area (Å²) in [5, 5.41) is 0. The van der Waals surface area contributed by atoms with E-state index in [1.165, 1.54) is 0 Å². The van der Waals surface area contributed by atoms with E-state index in [0.29, 0.717) is 11.3 Å². The van der Waals surface area contributed by atoms with Crippen molar-refractivity contribution in [2.45, 2.75) is 53.2 Å². The average molecular weight is 368 g/mol. The lowest BCUT2D eigenvalue weighted by atomic mass is 10.1. The molecule has 1 rings (SSSR count). The summed E-state index contributed by atoms with van der Waals surface area (Å²) in [5.74, 6) is -1.59. The lowest BCUT2D eigenvalue weighted by Crippen LogP contribution is -2.51. The molecule has 0 N–H and O–H groups in total. The van der Waals surface area contributed by atoms with Gasteiger partial charge in [0.15, 0.2) is 0 Å². The van der Waals surface area contributed by atoms with Crippen LogP contribution in [0.5, 0.6) is 5.75 Å². The van der Waals surface area contributed by atoms with Crippen LogP contribution in [0.4, 0.5) is 0 Å². The molecule has 0 radical (unpaired) electrons. The van der Waals surface area contributed by atoms with Crippen LogP contribution in [-0.4, -0.2) is 32.3 Å². The van der Waals surface area contributed by atoms with Crippen molar-refractivity contribution in [1.82, 2.24) is 0 Å². The van der Waals surface area contributed by atoms with Crippen molar-refractivity contribution in [2.24, 2.45) is 0 Å². The quantitative estimate of drug-likeness (QED) is 0.713. The van der Waals surface area contributed by atoms with Gasteiger partial charge >= 0.3 is 8.80 Å². The first-order valence-electron chi connectivity index (χ1n) is 7.78. The van der Waals surface area contributed by atoms with Gasteiger partial charge in [-0.1, -0.05) is 18.2 Å². The SMILES string of the molecule is CC(=O)O[Si](Cc1ccccc1OC(C)(C)C)(OC(C)=O)OC(C)=O. The summed E-state index contributed by atoms with van der Waals surface area (Å²) in [6, 6.07) is 6.96. The lowest BCUT2D eigenvalue weighted by molar-refractivity contribution is -0.147. The number of ether oxygens (including phenoxy) is 1. The van der Waals surface area contributed by atoms with Gasteiger partial charge in [0.2, 0.25) is 0 Å². The molecule has 0 bridgehead atoms. The molecule has 0 unspecified atom stereocenters. The molecule has 0 saturated carbocycles. The monoisotopic (exact) mass is 368 g/mol. The highest BCUT2D eigenvalue weighted by atomic mass is 28.4. The number of carbonyl (C=O) groups is 3. The molecule has 0 aliphatic carbocycles. The Balaban J connectivity index is 3.30. The third-order valence-corrected chi connectivity index (χ3v) is 5.30. The summed E-state index contributed by atoms with van der Waals surface area (Å²) < 4.78 is 21.5. The second kappa shape index (κ2) is 8.15. The van der Waals surface area contributed by atoms with Gasteiger partial charge in [0, 0.05) is 26.3 Å². The first-order valence-corrected chi connectivity index (χ1v) is 9.71. The highest BCUT2D eigenvalue weighted by Crippen LogP contribution is 2.28. The Hall–Kier alpha value is -2.35. The molecular weight excluding hydrogens is 344 g/mol. The van der Waals surface area contributed by atoms with E-state index in [1.54, 1.807) is 24.3 Å². The van der Waals surface area contributed by atoms with Gasteiger partial charge in [-0.05, 0) is 26.8 Å². The maximum Gasteiger partial charge on any atom is 0.709 e. The third-order valence-electron chi connectivity index (χ3n) is 2.69. The Kier molecular flexibility index (Phi) is 6.75. The molecule has 7 nitrogen and oxygen atoms in total. The molecule has 1 aromatic rings. The van der Waals surface area contributed by atoms with E-state index >= 15 is 0 Å². The predicted molar refractivity (Wildman–Crippen MR) is 91.6 cm³/mol. The van der Waals surface area contributed by atoms with Crippen LogP contribution in [0, 0.1) is 0 Å². The number of rotatable bonds is 6. The highest BCUT2D eigenvalue weighted by molar-refractivity contribution is 6.65. The Morgan fingerprint density at radius 1 is 0.880 bits per heavy atom. The van der Waals surface area contributed by atoms with Crippen LogP contribution in [0.2, 0.25) is 0 Å². The molecule has 0 heterocycles. The summed E-state index contributed by atoms with van der Waals surface area (Å²) in [6.45, 7) is 9.14. The minimum absolute atomic E-state index is 0.0714. The molecule has 25 heavy (non-hydrogen) atoms. The Labute approximate surface area is 148 Å². The summed E-state index contributed by atoms with van der Waals surface area (Å²) in [6.07, 6.45) is 0. The first-order chi connectivity index (χ1) is 11.4. The second-order valence-corrected chi connectivity index (χ2v) is 8.79. The van der Waals surface area contributed by atoms with Crippen molar-refractivity contribution in [3.05, 3.63) is 29.8 Å². The number of benzene rings is 1. The molecular formula is C17H24O7Si. The van der Waals surface area contributed by atoms with E-state index in [1.807, 2.05) is 20.8 Å². The Morgan fingerprint density at radius 2 is 1.32 bits per heavy atom. The van der Waals surface area contributed by atoms with E-state index in [9.17, 15) is 14.4 Å². The summed E-state index contributed by atoms with van der Waals surface area (Å²) in [5.41, 5.74) is 0.137. The first kappa shape index (κ1) is 20.7. The van der Waals surface area contributed by atoms with Crippen molar-refractivity contribution < 1.29 is 32.4 Å². The van der Waals surface area contributed by atoms with Gasteiger partial charge in [0.1, 0.15) is 11.4 Å². The lowest BCUT2D eigenvalue weighted by Gasteiger charge is -2.28. The minimum atomic E-state index is -3.96. The van der Waals surface area contributed by atoms with Crippen LogP contribution in [0.25, 0.3) is 0 Å². The highest BCUT2D eigenvalue weighted by Gasteiger charge is 2.52. The van der Waals surface area contributed by atoms with Crippen molar-refractivity contribution in [3.63, 3.8) is 0 Å². The molecule has 8 heteroatoms. The fourth-order valence-corrected chi connectivity index (χ4v) is 4.55. The number of carbonyl (C=O) groups excluding carboxylic acids is 3. The largest absolute Gasteiger partial charge is 0.709 e. The molecule has 0 atom stereocenters. The van der Waals surface area contributed by atoms with Crippen LogP contribution >= 0.6 is 0 Å². The van der Waals surface area contributed by atoms with E-state index in [-0.39, 0.29) is 6.04 Å².